The van der Waals surface area contributed by atoms with Gasteiger partial charge in [-0.3, -0.25) is 0 Å². The average Bonchev–Trinajstić information content (AvgIpc) is 2.41. The molecule has 1 N–H and O–H groups in total. The summed E-state index contributed by atoms with van der Waals surface area (Å²) >= 11 is 9.88. The van der Waals surface area contributed by atoms with Crippen molar-refractivity contribution in [3.8, 4) is 5.75 Å². The van der Waals surface area contributed by atoms with Gasteiger partial charge in [-0.25, -0.2) is 0 Å². The van der Waals surface area contributed by atoms with Gasteiger partial charge in [-0.05, 0) is 58.9 Å². The predicted octanol–water partition coefficient (Wildman–Crippen LogP) is 4.34. The van der Waals surface area contributed by atoms with E-state index in [1.165, 1.54) is 31.2 Å². The molecule has 0 spiro atoms. The zero-order valence-electron chi connectivity index (χ0n) is 11.3. The lowest BCUT2D eigenvalue weighted by Gasteiger charge is -2.27. The number of hydrogen-bond acceptors (Lipinski definition) is 2. The van der Waals surface area contributed by atoms with E-state index < -0.39 is 0 Å². The lowest BCUT2D eigenvalue weighted by Crippen LogP contribution is -2.30. The Bertz CT molecular complexity index is 413. The van der Waals surface area contributed by atoms with E-state index in [4.69, 9.17) is 16.3 Å². The Morgan fingerprint density at radius 3 is 2.84 bits per heavy atom. The summed E-state index contributed by atoms with van der Waals surface area (Å²) < 4.78 is 6.23. The Balaban J connectivity index is 1.80. The van der Waals surface area contributed by atoms with Crippen molar-refractivity contribution in [3.63, 3.8) is 0 Å². The summed E-state index contributed by atoms with van der Waals surface area (Å²) in [5.74, 6) is 1.49. The third kappa shape index (κ3) is 4.37. The number of ether oxygens (including phenoxy) is 1. The number of benzene rings is 1. The minimum Gasteiger partial charge on any atom is -0.496 e. The van der Waals surface area contributed by atoms with E-state index in [1.54, 1.807) is 7.11 Å². The molecule has 0 heterocycles. The highest BCUT2D eigenvalue weighted by Crippen LogP contribution is 2.28. The zero-order chi connectivity index (χ0) is 13.7. The lowest BCUT2D eigenvalue weighted by atomic mass is 9.89. The summed E-state index contributed by atoms with van der Waals surface area (Å²) in [7, 11) is 1.68. The maximum absolute atomic E-state index is 6.37. The second kappa shape index (κ2) is 7.51. The van der Waals surface area contributed by atoms with Crippen molar-refractivity contribution < 1.29 is 4.74 Å². The fraction of sp³-hybridized carbons (Fsp3) is 0.600. The molecule has 0 aromatic heterocycles. The Kier molecular flexibility index (Phi) is 5.99. The summed E-state index contributed by atoms with van der Waals surface area (Å²) in [6.45, 7) is 1.89. The molecule has 2 atom stereocenters. The molecule has 1 aromatic rings. The van der Waals surface area contributed by atoms with Crippen LogP contribution in [0.15, 0.2) is 22.7 Å². The second-order valence-electron chi connectivity index (χ2n) is 5.16. The van der Waals surface area contributed by atoms with Crippen LogP contribution in [0.2, 0.25) is 0 Å². The zero-order valence-corrected chi connectivity index (χ0v) is 13.6. The molecular weight excluding hydrogens is 326 g/mol. The van der Waals surface area contributed by atoms with E-state index in [0.717, 1.165) is 23.3 Å². The maximum atomic E-state index is 6.37. The van der Waals surface area contributed by atoms with Crippen LogP contribution in [-0.2, 0) is 6.54 Å². The highest BCUT2D eigenvalue weighted by molar-refractivity contribution is 9.10. The molecule has 2 nitrogen and oxygen atoms in total. The molecule has 2 unspecified atom stereocenters. The molecule has 0 amide bonds. The summed E-state index contributed by atoms with van der Waals surface area (Å²) in [5, 5.41) is 3.87. The van der Waals surface area contributed by atoms with Crippen LogP contribution in [0.25, 0.3) is 0 Å². The van der Waals surface area contributed by atoms with Crippen molar-refractivity contribution in [3.05, 3.63) is 28.2 Å². The van der Waals surface area contributed by atoms with E-state index in [9.17, 15) is 0 Å². The molecule has 1 saturated carbocycles. The van der Waals surface area contributed by atoms with Crippen LogP contribution >= 0.6 is 27.5 Å². The molecule has 1 aliphatic carbocycles. The van der Waals surface area contributed by atoms with Crippen molar-refractivity contribution in [2.75, 3.05) is 13.7 Å². The smallest absolute Gasteiger partial charge is 0.133 e. The van der Waals surface area contributed by atoms with E-state index in [1.807, 2.05) is 6.07 Å². The summed E-state index contributed by atoms with van der Waals surface area (Å²) in [6.07, 6.45) is 5.04. The van der Waals surface area contributed by atoms with Gasteiger partial charge in [0.05, 0.1) is 11.6 Å². The lowest BCUT2D eigenvalue weighted by molar-refractivity contribution is 0.348. The van der Waals surface area contributed by atoms with Gasteiger partial charge >= 0.3 is 0 Å². The Morgan fingerprint density at radius 2 is 2.16 bits per heavy atom. The quantitative estimate of drug-likeness (QED) is 0.801. The Morgan fingerprint density at radius 1 is 1.37 bits per heavy atom. The standard InChI is InChI=1S/C15H21BrClNO/c1-19-15-7-6-11(8-13(15)16)9-18-10-12-4-2-3-5-14(12)17/h6-8,12,14,18H,2-5,9-10H2,1H3. The molecule has 0 bridgehead atoms. The molecule has 1 fully saturated rings. The molecule has 0 aliphatic heterocycles. The van der Waals surface area contributed by atoms with Crippen LogP contribution in [0, 0.1) is 5.92 Å². The van der Waals surface area contributed by atoms with Crippen molar-refractivity contribution >= 4 is 27.5 Å². The SMILES string of the molecule is COc1ccc(CNCC2CCCCC2Cl)cc1Br. The first-order valence-corrected chi connectivity index (χ1v) is 8.11. The number of rotatable bonds is 5. The largest absolute Gasteiger partial charge is 0.496 e. The van der Waals surface area contributed by atoms with E-state index >= 15 is 0 Å². The highest BCUT2D eigenvalue weighted by Gasteiger charge is 2.22. The number of hydrogen-bond donors (Lipinski definition) is 1. The van der Waals surface area contributed by atoms with Crippen molar-refractivity contribution in [1.82, 2.24) is 5.32 Å². The van der Waals surface area contributed by atoms with Gasteiger partial charge in [-0.1, -0.05) is 18.9 Å². The molecule has 106 valence electrons. The molecule has 4 heteroatoms. The van der Waals surface area contributed by atoms with Gasteiger partial charge in [0.1, 0.15) is 5.75 Å². The summed E-state index contributed by atoms with van der Waals surface area (Å²) in [4.78, 5) is 0. The molecule has 2 rings (SSSR count). The van der Waals surface area contributed by atoms with Gasteiger partial charge in [-0.15, -0.1) is 11.6 Å². The van der Waals surface area contributed by atoms with Crippen molar-refractivity contribution in [2.45, 2.75) is 37.6 Å². The van der Waals surface area contributed by atoms with Gasteiger partial charge in [0.2, 0.25) is 0 Å². The van der Waals surface area contributed by atoms with Crippen LogP contribution in [0.5, 0.6) is 5.75 Å². The minimum absolute atomic E-state index is 0.351. The van der Waals surface area contributed by atoms with E-state index in [0.29, 0.717) is 11.3 Å². The predicted molar refractivity (Wildman–Crippen MR) is 84.0 cm³/mol. The first-order valence-electron chi connectivity index (χ1n) is 6.88. The highest BCUT2D eigenvalue weighted by atomic mass is 79.9. The van der Waals surface area contributed by atoms with Crippen LogP contribution in [0.1, 0.15) is 31.2 Å². The van der Waals surface area contributed by atoms with Gasteiger partial charge in [0.15, 0.2) is 0 Å². The molecule has 1 aromatic carbocycles. The Labute approximate surface area is 129 Å². The van der Waals surface area contributed by atoms with Crippen LogP contribution in [-0.4, -0.2) is 19.0 Å². The fourth-order valence-electron chi connectivity index (χ4n) is 2.61. The van der Waals surface area contributed by atoms with Crippen LogP contribution < -0.4 is 10.1 Å². The van der Waals surface area contributed by atoms with Gasteiger partial charge in [0, 0.05) is 11.9 Å². The van der Waals surface area contributed by atoms with Crippen molar-refractivity contribution in [1.29, 1.82) is 0 Å². The number of nitrogens with one attached hydrogen (secondary N) is 1. The first-order chi connectivity index (χ1) is 9.20. The van der Waals surface area contributed by atoms with Gasteiger partial charge in [0.25, 0.3) is 0 Å². The molecule has 1 aliphatic rings. The van der Waals surface area contributed by atoms with E-state index in [2.05, 4.69) is 33.4 Å². The Hall–Kier alpha value is -0.250. The monoisotopic (exact) mass is 345 g/mol. The average molecular weight is 347 g/mol. The summed E-state index contributed by atoms with van der Waals surface area (Å²) in [6, 6.07) is 6.19. The summed E-state index contributed by atoms with van der Waals surface area (Å²) in [5.41, 5.74) is 1.26. The third-order valence-electron chi connectivity index (χ3n) is 3.77. The normalized spacial score (nSPS) is 23.3. The van der Waals surface area contributed by atoms with Gasteiger partial charge < -0.3 is 10.1 Å². The fourth-order valence-corrected chi connectivity index (χ4v) is 3.57. The first kappa shape index (κ1) is 15.1. The maximum Gasteiger partial charge on any atom is 0.133 e. The number of halogens is 2. The van der Waals surface area contributed by atoms with Crippen LogP contribution in [0.3, 0.4) is 0 Å². The minimum atomic E-state index is 0.351. The van der Waals surface area contributed by atoms with Crippen molar-refractivity contribution in [2.24, 2.45) is 5.92 Å². The third-order valence-corrected chi connectivity index (χ3v) is 4.96. The van der Waals surface area contributed by atoms with Crippen LogP contribution in [0.4, 0.5) is 0 Å². The van der Waals surface area contributed by atoms with E-state index in [-0.39, 0.29) is 0 Å². The number of alkyl halides is 1. The molecule has 0 radical (unpaired) electrons. The topological polar surface area (TPSA) is 21.3 Å². The molecular formula is C15H21BrClNO. The number of methoxy groups -OCH3 is 1. The molecule has 19 heavy (non-hydrogen) atoms. The second-order valence-corrected chi connectivity index (χ2v) is 6.58. The van der Waals surface area contributed by atoms with Gasteiger partial charge in [-0.2, -0.15) is 0 Å². The molecule has 0 saturated heterocycles.